The molecule has 0 aromatic heterocycles. The van der Waals surface area contributed by atoms with E-state index in [9.17, 15) is 19.2 Å². The fourth-order valence-corrected chi connectivity index (χ4v) is 5.74. The van der Waals surface area contributed by atoms with E-state index in [0.717, 1.165) is 25.7 Å². The van der Waals surface area contributed by atoms with Gasteiger partial charge in [0.25, 0.3) is 0 Å². The topological polar surface area (TPSA) is 84.0 Å². The van der Waals surface area contributed by atoms with Gasteiger partial charge in [-0.25, -0.2) is 4.90 Å². The summed E-state index contributed by atoms with van der Waals surface area (Å²) in [6.45, 7) is 1.91. The van der Waals surface area contributed by atoms with Crippen LogP contribution in [0.3, 0.4) is 0 Å². The van der Waals surface area contributed by atoms with Crippen molar-refractivity contribution in [2.24, 2.45) is 17.8 Å². The summed E-state index contributed by atoms with van der Waals surface area (Å²) >= 11 is 12.3. The zero-order valence-corrected chi connectivity index (χ0v) is 20.6. The van der Waals surface area contributed by atoms with Crippen LogP contribution in [0.1, 0.15) is 37.7 Å². The molecule has 0 spiro atoms. The van der Waals surface area contributed by atoms with E-state index in [4.69, 9.17) is 27.9 Å². The van der Waals surface area contributed by atoms with E-state index < -0.39 is 11.9 Å². The van der Waals surface area contributed by atoms with Crippen LogP contribution >= 0.6 is 23.2 Å². The van der Waals surface area contributed by atoms with Crippen molar-refractivity contribution in [3.05, 3.63) is 52.0 Å². The molecule has 5 rings (SSSR count). The lowest BCUT2D eigenvalue weighted by molar-refractivity contribution is -0.139. The second-order valence-corrected chi connectivity index (χ2v) is 10.1. The van der Waals surface area contributed by atoms with Crippen LogP contribution in [0.25, 0.3) is 0 Å². The van der Waals surface area contributed by atoms with E-state index in [1.807, 2.05) is 0 Å². The fourth-order valence-electron chi connectivity index (χ4n) is 5.34. The molecule has 2 saturated heterocycles. The molecular weight excluding hydrogens is 491 g/mol. The molecular formula is C26H24Cl2N2O5. The smallest absolute Gasteiger partial charge is 0.316 e. The van der Waals surface area contributed by atoms with Crippen LogP contribution < -0.4 is 14.5 Å². The lowest BCUT2D eigenvalue weighted by atomic mass is 9.81. The maximum atomic E-state index is 12.9. The Morgan fingerprint density at radius 1 is 0.971 bits per heavy atom. The van der Waals surface area contributed by atoms with Gasteiger partial charge in [0, 0.05) is 13.0 Å². The number of rotatable bonds is 4. The van der Waals surface area contributed by atoms with Crippen LogP contribution in [0.4, 0.5) is 11.4 Å². The maximum Gasteiger partial charge on any atom is 0.316 e. The Labute approximate surface area is 212 Å². The fraction of sp³-hybridized carbons (Fsp3) is 0.385. The first-order valence-corrected chi connectivity index (χ1v) is 12.5. The van der Waals surface area contributed by atoms with Gasteiger partial charge in [0.2, 0.25) is 17.7 Å². The molecule has 2 aromatic carbocycles. The number of anilines is 2. The molecule has 35 heavy (non-hydrogen) atoms. The van der Waals surface area contributed by atoms with Gasteiger partial charge >= 0.3 is 5.97 Å². The number of ether oxygens (including phenoxy) is 1. The minimum absolute atomic E-state index is 0.00169. The third-order valence-corrected chi connectivity index (χ3v) is 7.96. The minimum Gasteiger partial charge on any atom is -0.426 e. The van der Waals surface area contributed by atoms with Crippen LogP contribution in [0.5, 0.6) is 5.75 Å². The van der Waals surface area contributed by atoms with Gasteiger partial charge in [-0.05, 0) is 55.7 Å². The monoisotopic (exact) mass is 514 g/mol. The van der Waals surface area contributed by atoms with Crippen molar-refractivity contribution < 1.29 is 23.9 Å². The molecule has 0 bridgehead atoms. The number of benzene rings is 2. The quantitative estimate of drug-likeness (QED) is 0.327. The minimum atomic E-state index is -0.664. The largest absolute Gasteiger partial charge is 0.426 e. The highest BCUT2D eigenvalue weighted by Crippen LogP contribution is 2.41. The van der Waals surface area contributed by atoms with Crippen molar-refractivity contribution in [2.75, 3.05) is 16.3 Å². The van der Waals surface area contributed by atoms with Crippen molar-refractivity contribution in [1.82, 2.24) is 0 Å². The number of imide groups is 1. The van der Waals surface area contributed by atoms with Gasteiger partial charge in [-0.3, -0.25) is 19.2 Å². The van der Waals surface area contributed by atoms with Gasteiger partial charge in [-0.15, -0.1) is 0 Å². The molecule has 7 nitrogen and oxygen atoms in total. The summed E-state index contributed by atoms with van der Waals surface area (Å²) < 4.78 is 5.57. The van der Waals surface area contributed by atoms with E-state index in [1.54, 1.807) is 43.3 Å². The first-order valence-electron chi connectivity index (χ1n) is 11.7. The first kappa shape index (κ1) is 23.8. The predicted molar refractivity (Wildman–Crippen MR) is 132 cm³/mol. The molecule has 0 unspecified atom stereocenters. The Kier molecular flexibility index (Phi) is 6.32. The molecule has 3 atom stereocenters. The number of esters is 1. The molecule has 3 fully saturated rings. The van der Waals surface area contributed by atoms with Crippen molar-refractivity contribution in [2.45, 2.75) is 39.0 Å². The third kappa shape index (κ3) is 4.21. The number of amides is 3. The summed E-state index contributed by atoms with van der Waals surface area (Å²) in [5, 5.41) is 0.585. The number of fused-ring (bicyclic) bond motifs is 1. The van der Waals surface area contributed by atoms with Gasteiger partial charge in [0.1, 0.15) is 5.75 Å². The van der Waals surface area contributed by atoms with Crippen LogP contribution in [-0.4, -0.2) is 30.2 Å². The Morgan fingerprint density at radius 3 is 2.31 bits per heavy atom. The second-order valence-electron chi connectivity index (χ2n) is 9.36. The molecule has 3 aliphatic rings. The number of carbonyl (C=O) groups is 4. The Hall–Kier alpha value is -2.90. The first-order chi connectivity index (χ1) is 16.8. The summed E-state index contributed by atoms with van der Waals surface area (Å²) in [5.41, 5.74) is 1.64. The predicted octanol–water partition coefficient (Wildman–Crippen LogP) is 4.94. The summed E-state index contributed by atoms with van der Waals surface area (Å²) in [6.07, 6.45) is 3.42. The highest BCUT2D eigenvalue weighted by atomic mass is 35.5. The van der Waals surface area contributed by atoms with Crippen molar-refractivity contribution in [3.8, 4) is 5.75 Å². The number of nitrogens with zero attached hydrogens (tertiary/aromatic N) is 2. The normalized spacial score (nSPS) is 24.2. The zero-order valence-electron chi connectivity index (χ0n) is 19.1. The van der Waals surface area contributed by atoms with Crippen LogP contribution in [-0.2, 0) is 19.2 Å². The van der Waals surface area contributed by atoms with Crippen LogP contribution in [0.2, 0.25) is 10.0 Å². The Morgan fingerprint density at radius 2 is 1.66 bits per heavy atom. The number of carbonyl (C=O) groups excluding carboxylic acids is 4. The molecule has 0 N–H and O–H groups in total. The van der Waals surface area contributed by atoms with Crippen LogP contribution in [0.15, 0.2) is 36.4 Å². The van der Waals surface area contributed by atoms with Crippen molar-refractivity contribution >= 4 is 58.3 Å². The number of aryl methyl sites for hydroxylation is 1. The van der Waals surface area contributed by atoms with Crippen LogP contribution in [0, 0.1) is 24.7 Å². The zero-order chi connectivity index (χ0) is 24.9. The Bertz CT molecular complexity index is 1220. The van der Waals surface area contributed by atoms with Gasteiger partial charge in [0.15, 0.2) is 0 Å². The van der Waals surface area contributed by atoms with E-state index in [0.29, 0.717) is 27.7 Å². The number of hydrogen-bond donors (Lipinski definition) is 0. The average molecular weight is 515 g/mol. The Balaban J connectivity index is 1.29. The summed E-state index contributed by atoms with van der Waals surface area (Å²) in [4.78, 5) is 54.0. The molecule has 3 amide bonds. The lowest BCUT2D eigenvalue weighted by Crippen LogP contribution is -2.31. The molecule has 2 aliphatic heterocycles. The molecule has 9 heteroatoms. The van der Waals surface area contributed by atoms with Gasteiger partial charge in [0.05, 0.1) is 39.2 Å². The SMILES string of the molecule is Cc1cc(OC(=O)[C@@H]2CC(=O)N(c3cccc(Cl)c3Cl)C2)ccc1N1C(=O)[C@@H]2CCCC[C@H]2C1=O. The van der Waals surface area contributed by atoms with E-state index in [1.165, 1.54) is 9.80 Å². The highest BCUT2D eigenvalue weighted by Gasteiger charge is 2.49. The maximum absolute atomic E-state index is 12.9. The summed E-state index contributed by atoms with van der Waals surface area (Å²) in [5.74, 6) is -1.90. The molecule has 2 heterocycles. The van der Waals surface area contributed by atoms with E-state index >= 15 is 0 Å². The van der Waals surface area contributed by atoms with E-state index in [-0.39, 0.29) is 47.5 Å². The second kappa shape index (κ2) is 9.28. The van der Waals surface area contributed by atoms with Gasteiger partial charge in [-0.1, -0.05) is 42.1 Å². The molecule has 1 aliphatic carbocycles. The number of hydrogen-bond acceptors (Lipinski definition) is 5. The molecule has 2 aromatic rings. The van der Waals surface area contributed by atoms with Crippen molar-refractivity contribution in [1.29, 1.82) is 0 Å². The lowest BCUT2D eigenvalue weighted by Gasteiger charge is -2.19. The van der Waals surface area contributed by atoms with Gasteiger partial charge < -0.3 is 9.64 Å². The standard InChI is InChI=1S/C26H24Cl2N2O5/c1-14-11-16(9-10-20(14)30-24(32)17-5-2-3-6-18(17)25(30)33)35-26(34)15-12-22(31)29(13-15)21-8-4-7-19(27)23(21)28/h4,7-11,15,17-18H,2-3,5-6,12-13H2,1H3/t15-,17-,18-/m1/s1. The van der Waals surface area contributed by atoms with Crippen molar-refractivity contribution in [3.63, 3.8) is 0 Å². The molecule has 182 valence electrons. The number of halogens is 2. The third-order valence-electron chi connectivity index (χ3n) is 7.15. The summed E-state index contributed by atoms with van der Waals surface area (Å²) in [6, 6.07) is 9.85. The van der Waals surface area contributed by atoms with Gasteiger partial charge in [-0.2, -0.15) is 0 Å². The average Bonchev–Trinajstić information content (AvgIpc) is 3.34. The molecule has 1 saturated carbocycles. The molecule has 0 radical (unpaired) electrons. The van der Waals surface area contributed by atoms with E-state index in [2.05, 4.69) is 0 Å². The highest BCUT2D eigenvalue weighted by molar-refractivity contribution is 6.44. The summed E-state index contributed by atoms with van der Waals surface area (Å²) in [7, 11) is 0.